The largest absolute Gasteiger partial charge is 0.351 e. The summed E-state index contributed by atoms with van der Waals surface area (Å²) in [4.78, 5) is 12.0. The van der Waals surface area contributed by atoms with Crippen molar-refractivity contribution in [2.24, 2.45) is 5.73 Å². The Labute approximate surface area is 123 Å². The number of nitrogens with one attached hydrogen (secondary N) is 1. The quantitative estimate of drug-likeness (QED) is 0.863. The van der Waals surface area contributed by atoms with Gasteiger partial charge in [-0.15, -0.1) is 0 Å². The first-order valence-electron chi connectivity index (χ1n) is 6.90. The third-order valence-electron chi connectivity index (χ3n) is 3.68. The Morgan fingerprint density at radius 1 is 1.38 bits per heavy atom. The predicted octanol–water partition coefficient (Wildman–Crippen LogP) is 0.868. The Hall–Kier alpha value is -1.47. The highest BCUT2D eigenvalue weighted by molar-refractivity contribution is 7.92. The first-order valence-corrected chi connectivity index (χ1v) is 8.62. The van der Waals surface area contributed by atoms with Gasteiger partial charge in [-0.05, 0) is 24.5 Å². The SMILES string of the molecule is NCc1ccc(CNC(=O)C2CCCCS2(=O)=O)c(F)c1. The molecule has 0 aliphatic carbocycles. The number of nitrogens with two attached hydrogens (primary N) is 1. The molecule has 0 radical (unpaired) electrons. The number of carbonyl (C=O) groups is 1. The van der Waals surface area contributed by atoms with Crippen LogP contribution in [0.3, 0.4) is 0 Å². The average Bonchev–Trinajstić information content (AvgIpc) is 2.45. The van der Waals surface area contributed by atoms with E-state index in [9.17, 15) is 17.6 Å². The summed E-state index contributed by atoms with van der Waals surface area (Å²) in [6.07, 6.45) is 1.65. The van der Waals surface area contributed by atoms with Crippen molar-refractivity contribution < 1.29 is 17.6 Å². The van der Waals surface area contributed by atoms with Crippen LogP contribution in [0.5, 0.6) is 0 Å². The van der Waals surface area contributed by atoms with E-state index >= 15 is 0 Å². The first-order chi connectivity index (χ1) is 9.94. The third-order valence-corrected chi connectivity index (χ3v) is 5.85. The van der Waals surface area contributed by atoms with Crippen molar-refractivity contribution in [3.05, 3.63) is 35.1 Å². The van der Waals surface area contributed by atoms with Crippen molar-refractivity contribution in [1.82, 2.24) is 5.32 Å². The number of hydrogen-bond acceptors (Lipinski definition) is 4. The summed E-state index contributed by atoms with van der Waals surface area (Å²) in [6.45, 7) is 0.214. The van der Waals surface area contributed by atoms with Crippen LogP contribution in [0.2, 0.25) is 0 Å². The highest BCUT2D eigenvalue weighted by Crippen LogP contribution is 2.20. The number of benzene rings is 1. The molecule has 0 aromatic heterocycles. The smallest absolute Gasteiger partial charge is 0.238 e. The van der Waals surface area contributed by atoms with Crippen LogP contribution in [0, 0.1) is 5.82 Å². The highest BCUT2D eigenvalue weighted by atomic mass is 32.2. The second-order valence-electron chi connectivity index (χ2n) is 5.20. The molecule has 116 valence electrons. The normalized spacial score (nSPS) is 21.0. The van der Waals surface area contributed by atoms with Crippen molar-refractivity contribution in [3.8, 4) is 0 Å². The molecule has 21 heavy (non-hydrogen) atoms. The zero-order valence-electron chi connectivity index (χ0n) is 11.6. The summed E-state index contributed by atoms with van der Waals surface area (Å²) in [7, 11) is -3.37. The molecule has 1 amide bonds. The van der Waals surface area contributed by atoms with Gasteiger partial charge >= 0.3 is 0 Å². The van der Waals surface area contributed by atoms with Gasteiger partial charge in [0.25, 0.3) is 0 Å². The molecule has 0 bridgehead atoms. The van der Waals surface area contributed by atoms with Gasteiger partial charge in [0.15, 0.2) is 9.84 Å². The Balaban J connectivity index is 2.01. The lowest BCUT2D eigenvalue weighted by atomic mass is 10.1. The maximum atomic E-state index is 13.8. The molecule has 5 nitrogen and oxygen atoms in total. The molecule has 1 atom stereocenters. The summed E-state index contributed by atoms with van der Waals surface area (Å²) >= 11 is 0. The minimum absolute atomic E-state index is 0.0263. The fourth-order valence-corrected chi connectivity index (χ4v) is 4.23. The number of amides is 1. The number of sulfone groups is 1. The van der Waals surface area contributed by atoms with Crippen LogP contribution in [-0.4, -0.2) is 25.3 Å². The Kier molecular flexibility index (Phi) is 4.95. The van der Waals surface area contributed by atoms with E-state index in [1.54, 1.807) is 12.1 Å². The number of carbonyl (C=O) groups excluding carboxylic acids is 1. The number of rotatable bonds is 4. The van der Waals surface area contributed by atoms with Crippen molar-refractivity contribution in [2.75, 3.05) is 5.75 Å². The summed E-state index contributed by atoms with van der Waals surface area (Å²) in [6, 6.07) is 4.55. The first kappa shape index (κ1) is 15.9. The van der Waals surface area contributed by atoms with Gasteiger partial charge in [0.1, 0.15) is 11.1 Å². The molecule has 7 heteroatoms. The van der Waals surface area contributed by atoms with Gasteiger partial charge in [0.2, 0.25) is 5.91 Å². The van der Waals surface area contributed by atoms with Crippen LogP contribution in [0.25, 0.3) is 0 Å². The Morgan fingerprint density at radius 3 is 2.76 bits per heavy atom. The second-order valence-corrected chi connectivity index (χ2v) is 7.50. The van der Waals surface area contributed by atoms with E-state index in [1.807, 2.05) is 0 Å². The van der Waals surface area contributed by atoms with Gasteiger partial charge < -0.3 is 11.1 Å². The van der Waals surface area contributed by atoms with Crippen molar-refractivity contribution in [3.63, 3.8) is 0 Å². The predicted molar refractivity (Wildman–Crippen MR) is 77.6 cm³/mol. The summed E-state index contributed by atoms with van der Waals surface area (Å²) < 4.78 is 37.4. The third kappa shape index (κ3) is 3.79. The fraction of sp³-hybridized carbons (Fsp3) is 0.500. The van der Waals surface area contributed by atoms with E-state index in [1.165, 1.54) is 6.07 Å². The van der Waals surface area contributed by atoms with Crippen molar-refractivity contribution in [1.29, 1.82) is 0 Å². The molecule has 1 unspecified atom stereocenters. The van der Waals surface area contributed by atoms with Gasteiger partial charge in [-0.1, -0.05) is 18.6 Å². The van der Waals surface area contributed by atoms with E-state index in [2.05, 4.69) is 5.32 Å². The minimum Gasteiger partial charge on any atom is -0.351 e. The van der Waals surface area contributed by atoms with Crippen LogP contribution in [-0.2, 0) is 27.7 Å². The Bertz CT molecular complexity index is 631. The lowest BCUT2D eigenvalue weighted by molar-refractivity contribution is -0.121. The lowest BCUT2D eigenvalue weighted by Crippen LogP contribution is -2.42. The van der Waals surface area contributed by atoms with Crippen LogP contribution in [0.4, 0.5) is 4.39 Å². The maximum absolute atomic E-state index is 13.8. The van der Waals surface area contributed by atoms with Crippen LogP contribution >= 0.6 is 0 Å². The van der Waals surface area contributed by atoms with Crippen molar-refractivity contribution >= 4 is 15.7 Å². The van der Waals surface area contributed by atoms with Gasteiger partial charge in [-0.3, -0.25) is 4.79 Å². The lowest BCUT2D eigenvalue weighted by Gasteiger charge is -2.21. The molecule has 3 N–H and O–H groups in total. The molecule has 2 rings (SSSR count). The highest BCUT2D eigenvalue weighted by Gasteiger charge is 2.34. The molecular formula is C14H19FN2O3S. The van der Waals surface area contributed by atoms with E-state index in [0.29, 0.717) is 24.0 Å². The zero-order chi connectivity index (χ0) is 15.5. The number of halogens is 1. The van der Waals surface area contributed by atoms with Crippen LogP contribution in [0.15, 0.2) is 18.2 Å². The molecule has 1 aromatic carbocycles. The average molecular weight is 314 g/mol. The molecule has 1 aromatic rings. The van der Waals surface area contributed by atoms with Gasteiger partial charge in [-0.25, -0.2) is 12.8 Å². The maximum Gasteiger partial charge on any atom is 0.238 e. The molecule has 1 saturated heterocycles. The van der Waals surface area contributed by atoms with E-state index in [-0.39, 0.29) is 18.8 Å². The molecule has 1 aliphatic rings. The van der Waals surface area contributed by atoms with Gasteiger partial charge in [0, 0.05) is 18.7 Å². The monoisotopic (exact) mass is 314 g/mol. The molecule has 1 heterocycles. The summed E-state index contributed by atoms with van der Waals surface area (Å²) in [5, 5.41) is 1.51. The van der Waals surface area contributed by atoms with Gasteiger partial charge in [0.05, 0.1) is 5.75 Å². The van der Waals surface area contributed by atoms with E-state index in [0.717, 1.165) is 6.42 Å². The van der Waals surface area contributed by atoms with Gasteiger partial charge in [-0.2, -0.15) is 0 Å². The molecule has 0 saturated carbocycles. The second kappa shape index (κ2) is 6.53. The molecule has 1 aliphatic heterocycles. The summed E-state index contributed by atoms with van der Waals surface area (Å²) in [5.41, 5.74) is 6.39. The van der Waals surface area contributed by atoms with Crippen LogP contribution in [0.1, 0.15) is 30.4 Å². The van der Waals surface area contributed by atoms with E-state index in [4.69, 9.17) is 5.73 Å². The molecular weight excluding hydrogens is 295 g/mol. The fourth-order valence-electron chi connectivity index (χ4n) is 2.41. The van der Waals surface area contributed by atoms with E-state index < -0.39 is 26.8 Å². The van der Waals surface area contributed by atoms with Crippen LogP contribution < -0.4 is 11.1 Å². The zero-order valence-corrected chi connectivity index (χ0v) is 12.5. The Morgan fingerprint density at radius 2 is 2.14 bits per heavy atom. The topological polar surface area (TPSA) is 89.3 Å². The molecule has 1 fully saturated rings. The summed E-state index contributed by atoms with van der Waals surface area (Å²) in [5.74, 6) is -0.952. The van der Waals surface area contributed by atoms with Crippen molar-refractivity contribution in [2.45, 2.75) is 37.6 Å². The number of hydrogen-bond donors (Lipinski definition) is 2. The standard InChI is InChI=1S/C14H19FN2O3S/c15-12-7-10(8-16)4-5-11(12)9-17-14(18)13-3-1-2-6-21(13,19)20/h4-5,7,13H,1-3,6,8-9,16H2,(H,17,18). The molecule has 0 spiro atoms. The minimum atomic E-state index is -3.37.